The van der Waals surface area contributed by atoms with Crippen LogP contribution in [-0.4, -0.2) is 118 Å². The predicted molar refractivity (Wildman–Crippen MR) is 152 cm³/mol. The largest absolute Gasteiger partial charge is 0.391 e. The minimum absolute atomic E-state index is 0.0902. The van der Waals surface area contributed by atoms with Crippen molar-refractivity contribution in [2.24, 2.45) is 0 Å². The lowest BCUT2D eigenvalue weighted by atomic mass is 10.1. The van der Waals surface area contributed by atoms with E-state index in [1.54, 1.807) is 4.68 Å². The number of tetrazole rings is 1. The number of Topliss-reactive ketones (excluding diaryl/α,β-unsaturated/α-hetero) is 1. The molecule has 2 aliphatic rings. The van der Waals surface area contributed by atoms with Crippen LogP contribution in [0.5, 0.6) is 0 Å². The number of nitrogens with zero attached hydrogens (tertiary/aromatic N) is 9. The summed E-state index contributed by atoms with van der Waals surface area (Å²) in [6.07, 6.45) is 2.16. The van der Waals surface area contributed by atoms with Gasteiger partial charge in [0.25, 0.3) is 17.6 Å². The van der Waals surface area contributed by atoms with Gasteiger partial charge in [0.1, 0.15) is 17.1 Å². The molecule has 1 aromatic carbocycles. The Hall–Kier alpha value is -5.51. The molecule has 16 heteroatoms. The Bertz CT molecular complexity index is 1880. The van der Waals surface area contributed by atoms with Gasteiger partial charge in [0.15, 0.2) is 5.82 Å². The Morgan fingerprint density at radius 3 is 2.57 bits per heavy atom. The van der Waals surface area contributed by atoms with Gasteiger partial charge in [-0.3, -0.25) is 19.5 Å². The number of halogens is 1. The minimum atomic E-state index is -0.861. The number of rotatable bonds is 6. The molecule has 0 radical (unpaired) electrons. The number of para-hydroxylation sites is 1. The highest BCUT2D eigenvalue weighted by molar-refractivity contribution is 6.45. The summed E-state index contributed by atoms with van der Waals surface area (Å²) in [7, 11) is 0. The summed E-state index contributed by atoms with van der Waals surface area (Å²) in [5.41, 5.74) is 1.47. The Labute approximate surface area is 248 Å². The van der Waals surface area contributed by atoms with Crippen molar-refractivity contribution in [2.75, 3.05) is 44.2 Å². The average molecular weight is 600 g/mol. The fourth-order valence-electron chi connectivity index (χ4n) is 5.62. The minimum Gasteiger partial charge on any atom is -0.391 e. The summed E-state index contributed by atoms with van der Waals surface area (Å²) in [5, 5.41) is 28.5. The van der Waals surface area contributed by atoms with Crippen LogP contribution in [0.15, 0.2) is 48.8 Å². The number of carbonyl (C=O) groups excluding carboxylic acids is 3. The number of ketones is 1. The number of fused-ring (bicyclic) bond motifs is 1. The molecule has 0 bridgehead atoms. The molecule has 0 aliphatic carbocycles. The molecule has 2 fully saturated rings. The topological polar surface area (TPSA) is 182 Å². The lowest BCUT2D eigenvalue weighted by Crippen LogP contribution is -2.51. The first kappa shape index (κ1) is 27.3. The van der Waals surface area contributed by atoms with E-state index in [1.165, 1.54) is 22.1 Å². The van der Waals surface area contributed by atoms with Crippen LogP contribution in [0.4, 0.5) is 10.3 Å². The Kier molecular flexibility index (Phi) is 6.81. The molecule has 4 aromatic heterocycles. The molecular formula is C28H26FN11O4. The number of carbonyl (C=O) groups is 3. The van der Waals surface area contributed by atoms with Crippen molar-refractivity contribution in [3.05, 3.63) is 65.9 Å². The van der Waals surface area contributed by atoms with E-state index in [-0.39, 0.29) is 59.1 Å². The van der Waals surface area contributed by atoms with Crippen molar-refractivity contribution in [1.29, 1.82) is 0 Å². The third-order valence-corrected chi connectivity index (χ3v) is 7.91. The number of aliphatic hydroxyl groups excluding tert-OH is 1. The molecule has 0 spiro atoms. The molecule has 3 N–H and O–H groups in total. The van der Waals surface area contributed by atoms with Crippen molar-refractivity contribution in [1.82, 2.24) is 50.2 Å². The number of anilines is 1. The molecule has 7 rings (SSSR count). The van der Waals surface area contributed by atoms with E-state index in [1.807, 2.05) is 35.2 Å². The maximum absolute atomic E-state index is 15.1. The first-order chi connectivity index (χ1) is 21.4. The summed E-state index contributed by atoms with van der Waals surface area (Å²) in [5.74, 6) is -2.21. The summed E-state index contributed by atoms with van der Waals surface area (Å²) in [4.78, 5) is 51.4. The van der Waals surface area contributed by atoms with Crippen LogP contribution in [0.25, 0.3) is 28.0 Å². The van der Waals surface area contributed by atoms with Crippen LogP contribution in [0.1, 0.15) is 27.3 Å². The smallest absolute Gasteiger partial charge is 0.295 e. The molecule has 2 amide bonds. The number of nitrogens with one attached hydrogen (secondary N) is 2. The number of aliphatic hydroxyl groups is 1. The van der Waals surface area contributed by atoms with Crippen LogP contribution >= 0.6 is 0 Å². The van der Waals surface area contributed by atoms with Gasteiger partial charge in [-0.25, -0.2) is 9.37 Å². The van der Waals surface area contributed by atoms with Gasteiger partial charge >= 0.3 is 0 Å². The van der Waals surface area contributed by atoms with Gasteiger partial charge in [0.05, 0.1) is 34.5 Å². The second kappa shape index (κ2) is 11.0. The number of piperazine rings is 1. The van der Waals surface area contributed by atoms with Crippen LogP contribution < -0.4 is 4.90 Å². The first-order valence-electron chi connectivity index (χ1n) is 14.0. The highest BCUT2D eigenvalue weighted by Crippen LogP contribution is 2.30. The number of aromatic nitrogens is 8. The van der Waals surface area contributed by atoms with Crippen LogP contribution in [0.2, 0.25) is 0 Å². The predicted octanol–water partition coefficient (Wildman–Crippen LogP) is 0.806. The van der Waals surface area contributed by atoms with Gasteiger partial charge in [-0.2, -0.15) is 9.78 Å². The number of hydrogen-bond donors (Lipinski definition) is 3. The third-order valence-electron chi connectivity index (χ3n) is 7.91. The molecule has 224 valence electrons. The van der Waals surface area contributed by atoms with Gasteiger partial charge < -0.3 is 24.8 Å². The molecule has 15 nitrogen and oxygen atoms in total. The SMILES string of the molecule is O=C(C(=O)N1CCN(c2nnnn2-c2ccccc2)CC1)c1c[nH]c2c(-c3cc(C(=O)N4CC[C@@H](O)C4)[nH]n3)ncc(F)c12. The number of aromatic amines is 2. The van der Waals surface area contributed by atoms with Crippen LogP contribution in [0.3, 0.4) is 0 Å². The molecule has 5 aromatic rings. The zero-order chi connectivity index (χ0) is 30.4. The Balaban J connectivity index is 1.08. The van der Waals surface area contributed by atoms with Crippen molar-refractivity contribution < 1.29 is 23.9 Å². The fraction of sp³-hybridized carbons (Fsp3) is 0.286. The standard InChI is InChI=1S/C28H26FN11O4/c29-19-14-31-23(20-12-21(33-32-20)26(43)39-7-6-17(41)15-39)24-22(19)18(13-30-24)25(42)27(44)37-8-10-38(11-9-37)28-34-35-36-40(28)16-4-2-1-3-5-16/h1-5,12-14,17,30,41H,6-11,15H2,(H,32,33)/t17-/m1/s1. The summed E-state index contributed by atoms with van der Waals surface area (Å²) >= 11 is 0. The average Bonchev–Trinajstić information content (AvgIpc) is 3.87. The van der Waals surface area contributed by atoms with Crippen molar-refractivity contribution in [2.45, 2.75) is 12.5 Å². The van der Waals surface area contributed by atoms with Gasteiger partial charge in [-0.05, 0) is 35.0 Å². The van der Waals surface area contributed by atoms with Crippen LogP contribution in [0, 0.1) is 5.82 Å². The van der Waals surface area contributed by atoms with E-state index in [4.69, 9.17) is 0 Å². The second-order valence-corrected chi connectivity index (χ2v) is 10.6. The van der Waals surface area contributed by atoms with Crippen molar-refractivity contribution in [3.8, 4) is 17.1 Å². The van der Waals surface area contributed by atoms with E-state index in [0.29, 0.717) is 32.0 Å². The highest BCUT2D eigenvalue weighted by atomic mass is 19.1. The van der Waals surface area contributed by atoms with Crippen molar-refractivity contribution >= 4 is 34.4 Å². The lowest BCUT2D eigenvalue weighted by molar-refractivity contribution is -0.126. The zero-order valence-corrected chi connectivity index (χ0v) is 23.2. The Morgan fingerprint density at radius 1 is 1.02 bits per heavy atom. The molecule has 1 atom stereocenters. The number of amides is 2. The number of H-pyrrole nitrogens is 2. The number of pyridine rings is 1. The van der Waals surface area contributed by atoms with Gasteiger partial charge in [-0.15, -0.1) is 0 Å². The van der Waals surface area contributed by atoms with E-state index in [0.717, 1.165) is 11.9 Å². The monoisotopic (exact) mass is 599 g/mol. The van der Waals surface area contributed by atoms with Gasteiger partial charge in [-0.1, -0.05) is 23.3 Å². The van der Waals surface area contributed by atoms with Crippen molar-refractivity contribution in [3.63, 3.8) is 0 Å². The third kappa shape index (κ3) is 4.74. The summed E-state index contributed by atoms with van der Waals surface area (Å²) in [6, 6.07) is 10.9. The highest BCUT2D eigenvalue weighted by Gasteiger charge is 2.32. The van der Waals surface area contributed by atoms with E-state index in [2.05, 4.69) is 35.7 Å². The number of β-amino-alcohol motifs (C(OH)–C–C–N with tert-alkyl or cyclic N) is 1. The molecular weight excluding hydrogens is 573 g/mol. The molecule has 2 saturated heterocycles. The summed E-state index contributed by atoms with van der Waals surface area (Å²) < 4.78 is 16.7. The normalized spacial score (nSPS) is 17.0. The van der Waals surface area contributed by atoms with Gasteiger partial charge in [0, 0.05) is 45.5 Å². The lowest BCUT2D eigenvalue weighted by Gasteiger charge is -2.34. The maximum atomic E-state index is 15.1. The Morgan fingerprint density at radius 2 is 1.82 bits per heavy atom. The molecule has 0 saturated carbocycles. The van der Waals surface area contributed by atoms with Gasteiger partial charge in [0.2, 0.25) is 5.95 Å². The van der Waals surface area contributed by atoms with E-state index >= 15 is 4.39 Å². The first-order valence-corrected chi connectivity index (χ1v) is 14.0. The molecule has 44 heavy (non-hydrogen) atoms. The second-order valence-electron chi connectivity index (χ2n) is 10.6. The number of benzene rings is 1. The quantitative estimate of drug-likeness (QED) is 0.187. The molecule has 6 heterocycles. The number of likely N-dealkylation sites (tertiary alicyclic amines) is 1. The molecule has 2 aliphatic heterocycles. The fourth-order valence-corrected chi connectivity index (χ4v) is 5.62. The van der Waals surface area contributed by atoms with E-state index in [9.17, 15) is 19.5 Å². The zero-order valence-electron chi connectivity index (χ0n) is 23.2. The summed E-state index contributed by atoms with van der Waals surface area (Å²) in [6.45, 7) is 1.90. The molecule has 0 unspecified atom stereocenters. The van der Waals surface area contributed by atoms with E-state index < -0.39 is 23.6 Å². The van der Waals surface area contributed by atoms with Crippen LogP contribution in [-0.2, 0) is 4.79 Å². The maximum Gasteiger partial charge on any atom is 0.295 e. The number of hydrogen-bond acceptors (Lipinski definition) is 10.